The van der Waals surface area contributed by atoms with Crippen LogP contribution in [0.5, 0.6) is 0 Å². The second-order valence-electron chi connectivity index (χ2n) is 13.3. The number of carbonyl (C=O) groups excluding carboxylic acids is 1. The van der Waals surface area contributed by atoms with Crippen molar-refractivity contribution >= 4 is 36.7 Å². The van der Waals surface area contributed by atoms with E-state index in [9.17, 15) is 9.59 Å². The molecule has 0 aliphatic rings. The molecule has 0 amide bonds. The van der Waals surface area contributed by atoms with Gasteiger partial charge in [-0.15, -0.1) is 0 Å². The summed E-state index contributed by atoms with van der Waals surface area (Å²) >= 11 is 0. The molecule has 0 unspecified atom stereocenters. The summed E-state index contributed by atoms with van der Waals surface area (Å²) in [6.07, 6.45) is 12.9. The van der Waals surface area contributed by atoms with E-state index >= 15 is 0 Å². The molecule has 0 bridgehead atoms. The van der Waals surface area contributed by atoms with Gasteiger partial charge < -0.3 is 14.3 Å². The maximum Gasteiger partial charge on any atom is 0.303 e. The molecule has 1 N–H and O–H groups in total. The third kappa shape index (κ3) is 11.1. The molecule has 0 aliphatic heterocycles. The zero-order chi connectivity index (χ0) is 33.4. The van der Waals surface area contributed by atoms with Gasteiger partial charge in [0.15, 0.2) is 0 Å². The molecule has 3 aromatic rings. The maximum absolute atomic E-state index is 11.9. The summed E-state index contributed by atoms with van der Waals surface area (Å²) in [7, 11) is -2.76. The van der Waals surface area contributed by atoms with Gasteiger partial charge in [0.2, 0.25) is 0 Å². The lowest BCUT2D eigenvalue weighted by Gasteiger charge is -2.45. The standard InChI is InChI=1S/C40H54O5Si/c1-6-7-8-9-10-13-22-35(30-29-33-20-18-21-34(31-33)38(44-32(2)41)27-19-28-39(42)43)45-46(40(3,4)5,36-23-14-11-15-24-36)37-25-16-12-17-26-37/h11-12,14-18,20-21,23-26,29-31,35,38H,6-10,13,19,22,27-28H2,1-5H3,(H,42,43)/b30-29+/t35-,38-/m0/s1. The molecule has 46 heavy (non-hydrogen) atoms. The lowest BCUT2D eigenvalue weighted by molar-refractivity contribution is -0.147. The van der Waals surface area contributed by atoms with Gasteiger partial charge in [-0.3, -0.25) is 9.59 Å². The lowest BCUT2D eigenvalue weighted by Crippen LogP contribution is -2.67. The van der Waals surface area contributed by atoms with E-state index in [1.54, 1.807) is 0 Å². The summed E-state index contributed by atoms with van der Waals surface area (Å²) in [5.74, 6) is -1.23. The number of carboxylic acid groups (broad SMARTS) is 1. The van der Waals surface area contributed by atoms with Gasteiger partial charge in [-0.1, -0.05) is 157 Å². The van der Waals surface area contributed by atoms with Gasteiger partial charge >= 0.3 is 11.9 Å². The summed E-state index contributed by atoms with van der Waals surface area (Å²) in [5, 5.41) is 11.5. The summed E-state index contributed by atoms with van der Waals surface area (Å²) in [6, 6.07) is 29.6. The van der Waals surface area contributed by atoms with E-state index in [2.05, 4.69) is 101 Å². The van der Waals surface area contributed by atoms with Gasteiger partial charge in [0, 0.05) is 13.3 Å². The van der Waals surface area contributed by atoms with Crippen molar-refractivity contribution in [3.05, 3.63) is 102 Å². The Bertz CT molecular complexity index is 1320. The molecule has 0 radical (unpaired) electrons. The lowest BCUT2D eigenvalue weighted by atomic mass is 10.0. The van der Waals surface area contributed by atoms with Crippen LogP contribution in [0.25, 0.3) is 6.08 Å². The largest absolute Gasteiger partial charge is 0.481 e. The Morgan fingerprint density at radius 3 is 1.98 bits per heavy atom. The van der Waals surface area contributed by atoms with Crippen LogP contribution >= 0.6 is 0 Å². The fourth-order valence-corrected chi connectivity index (χ4v) is 10.9. The second kappa shape index (κ2) is 18.6. The highest BCUT2D eigenvalue weighted by atomic mass is 28.4. The molecule has 0 aliphatic carbocycles. The van der Waals surface area contributed by atoms with Crippen molar-refractivity contribution in [2.45, 2.75) is 116 Å². The Morgan fingerprint density at radius 2 is 1.41 bits per heavy atom. The van der Waals surface area contributed by atoms with Gasteiger partial charge in [0.1, 0.15) is 6.10 Å². The number of unbranched alkanes of at least 4 members (excludes halogenated alkanes) is 5. The number of carbonyl (C=O) groups is 2. The molecular formula is C40H54O5Si. The zero-order valence-electron chi connectivity index (χ0n) is 28.5. The van der Waals surface area contributed by atoms with Crippen LogP contribution < -0.4 is 10.4 Å². The van der Waals surface area contributed by atoms with Crippen molar-refractivity contribution in [2.24, 2.45) is 0 Å². The van der Waals surface area contributed by atoms with Crippen LogP contribution in [0.3, 0.4) is 0 Å². The van der Waals surface area contributed by atoms with E-state index in [0.29, 0.717) is 12.8 Å². The molecule has 2 atom stereocenters. The highest BCUT2D eigenvalue weighted by Crippen LogP contribution is 2.38. The number of benzene rings is 3. The summed E-state index contributed by atoms with van der Waals surface area (Å²) in [4.78, 5) is 23.0. The minimum Gasteiger partial charge on any atom is -0.481 e. The van der Waals surface area contributed by atoms with E-state index in [1.165, 1.54) is 49.4 Å². The Labute approximate surface area is 278 Å². The first kappa shape index (κ1) is 37.0. The van der Waals surface area contributed by atoms with Crippen LogP contribution in [0.15, 0.2) is 91.0 Å². The molecular weight excluding hydrogens is 589 g/mol. The fourth-order valence-electron chi connectivity index (χ4n) is 6.25. The van der Waals surface area contributed by atoms with Crippen LogP contribution in [0.1, 0.15) is 116 Å². The number of hydrogen-bond donors (Lipinski definition) is 1. The van der Waals surface area contributed by atoms with E-state index in [1.807, 2.05) is 24.3 Å². The molecule has 0 spiro atoms. The van der Waals surface area contributed by atoms with Gasteiger partial charge in [-0.05, 0) is 51.9 Å². The third-order valence-corrected chi connectivity index (χ3v) is 13.6. The van der Waals surface area contributed by atoms with E-state index in [-0.39, 0.29) is 23.5 Å². The van der Waals surface area contributed by atoms with E-state index in [0.717, 1.165) is 24.0 Å². The average Bonchev–Trinajstić information content (AvgIpc) is 3.03. The predicted octanol–water partition coefficient (Wildman–Crippen LogP) is 9.25. The molecule has 3 aromatic carbocycles. The third-order valence-electron chi connectivity index (χ3n) is 8.54. The molecule has 5 nitrogen and oxygen atoms in total. The normalized spacial score (nSPS) is 13.4. The number of esters is 1. The molecule has 3 rings (SSSR count). The smallest absolute Gasteiger partial charge is 0.303 e. The number of hydrogen-bond acceptors (Lipinski definition) is 4. The van der Waals surface area contributed by atoms with Crippen molar-refractivity contribution < 1.29 is 23.9 Å². The van der Waals surface area contributed by atoms with Crippen molar-refractivity contribution in [1.82, 2.24) is 0 Å². The SMILES string of the molecule is CCCCCCCC[C@@H](/C=C/c1cccc([C@H](CCCC(=O)O)OC(C)=O)c1)O[Si](c1ccccc1)(c1ccccc1)C(C)(C)C. The minimum atomic E-state index is -2.76. The Balaban J connectivity index is 1.98. The van der Waals surface area contributed by atoms with Crippen molar-refractivity contribution in [3.63, 3.8) is 0 Å². The minimum absolute atomic E-state index is 0.0388. The first-order chi connectivity index (χ1) is 22.1. The van der Waals surface area contributed by atoms with Crippen LogP contribution in [-0.2, 0) is 18.8 Å². The van der Waals surface area contributed by atoms with Gasteiger partial charge in [-0.25, -0.2) is 0 Å². The first-order valence-corrected chi connectivity index (χ1v) is 18.9. The average molecular weight is 643 g/mol. The van der Waals surface area contributed by atoms with Crippen LogP contribution in [0.2, 0.25) is 5.04 Å². The fraction of sp³-hybridized carbons (Fsp3) is 0.450. The summed E-state index contributed by atoms with van der Waals surface area (Å²) in [5.41, 5.74) is 1.86. The molecule has 0 saturated heterocycles. The molecule has 248 valence electrons. The quantitative estimate of drug-likeness (QED) is 0.0802. The number of carboxylic acids is 1. The van der Waals surface area contributed by atoms with Crippen LogP contribution in [0, 0.1) is 0 Å². The Hall–Kier alpha value is -3.48. The molecule has 6 heteroatoms. The van der Waals surface area contributed by atoms with E-state index < -0.39 is 20.4 Å². The maximum atomic E-state index is 11.9. The summed E-state index contributed by atoms with van der Waals surface area (Å²) in [6.45, 7) is 10.6. The predicted molar refractivity (Wildman–Crippen MR) is 192 cm³/mol. The molecule has 0 heterocycles. The zero-order valence-corrected chi connectivity index (χ0v) is 29.5. The Kier molecular flexibility index (Phi) is 15.0. The molecule has 0 aromatic heterocycles. The monoisotopic (exact) mass is 642 g/mol. The number of ether oxygens (including phenoxy) is 1. The van der Waals surface area contributed by atoms with Crippen molar-refractivity contribution in [3.8, 4) is 0 Å². The summed E-state index contributed by atoms with van der Waals surface area (Å²) < 4.78 is 13.2. The van der Waals surface area contributed by atoms with Crippen molar-refractivity contribution in [2.75, 3.05) is 0 Å². The highest BCUT2D eigenvalue weighted by Gasteiger charge is 2.51. The van der Waals surface area contributed by atoms with Gasteiger partial charge in [0.25, 0.3) is 8.32 Å². The number of rotatable bonds is 19. The second-order valence-corrected chi connectivity index (χ2v) is 17.5. The number of aliphatic carboxylic acids is 1. The van der Waals surface area contributed by atoms with Gasteiger partial charge in [-0.2, -0.15) is 0 Å². The highest BCUT2D eigenvalue weighted by molar-refractivity contribution is 6.99. The molecule has 0 saturated carbocycles. The van der Waals surface area contributed by atoms with Crippen LogP contribution in [0.4, 0.5) is 0 Å². The topological polar surface area (TPSA) is 72.8 Å². The Morgan fingerprint density at radius 1 is 0.804 bits per heavy atom. The van der Waals surface area contributed by atoms with Crippen molar-refractivity contribution in [1.29, 1.82) is 0 Å². The van der Waals surface area contributed by atoms with E-state index in [4.69, 9.17) is 14.3 Å². The van der Waals surface area contributed by atoms with Gasteiger partial charge in [0.05, 0.1) is 6.10 Å². The van der Waals surface area contributed by atoms with Crippen LogP contribution in [-0.4, -0.2) is 31.5 Å². The molecule has 0 fully saturated rings. The first-order valence-electron chi connectivity index (χ1n) is 17.0.